The van der Waals surface area contributed by atoms with Crippen LogP contribution >= 0.6 is 0 Å². The molecule has 0 saturated carbocycles. The monoisotopic (exact) mass is 338 g/mol. The van der Waals surface area contributed by atoms with E-state index in [0.717, 1.165) is 38.0 Å². The Balaban J connectivity index is 1.54. The fraction of sp³-hybridized carbons (Fsp3) is 0.381. The third-order valence-corrected chi connectivity index (χ3v) is 4.56. The standard InChI is InChI=1S/C21H26N2O2/c1-2-25-20-10-6-9-18(21(20)24)15-22-19-11-13-23(14-12-19)16-17-7-4-3-5-8-17/h3-10,15,19,24H,2,11-14,16H2,1H3. The highest BCUT2D eigenvalue weighted by Crippen LogP contribution is 2.29. The van der Waals surface area contributed by atoms with Gasteiger partial charge < -0.3 is 9.84 Å². The maximum atomic E-state index is 10.2. The normalized spacial score (nSPS) is 16.4. The van der Waals surface area contributed by atoms with Crippen LogP contribution in [0.5, 0.6) is 11.5 Å². The molecule has 1 aliphatic rings. The van der Waals surface area contributed by atoms with Crippen molar-refractivity contribution in [1.29, 1.82) is 0 Å². The molecule has 1 aliphatic heterocycles. The molecule has 132 valence electrons. The van der Waals surface area contributed by atoms with Crippen LogP contribution in [0.3, 0.4) is 0 Å². The van der Waals surface area contributed by atoms with Crippen molar-refractivity contribution in [2.45, 2.75) is 32.4 Å². The van der Waals surface area contributed by atoms with Crippen LogP contribution in [0.2, 0.25) is 0 Å². The van der Waals surface area contributed by atoms with Gasteiger partial charge in [0.1, 0.15) is 0 Å². The SMILES string of the molecule is CCOc1cccc(C=NC2CCN(Cc3ccccc3)CC2)c1O. The van der Waals surface area contributed by atoms with E-state index in [1.807, 2.05) is 19.1 Å². The van der Waals surface area contributed by atoms with Crippen LogP contribution < -0.4 is 4.74 Å². The van der Waals surface area contributed by atoms with Crippen LogP contribution in [-0.2, 0) is 6.54 Å². The zero-order valence-corrected chi connectivity index (χ0v) is 14.8. The van der Waals surface area contributed by atoms with Crippen LogP contribution in [-0.4, -0.2) is 42.0 Å². The minimum absolute atomic E-state index is 0.176. The van der Waals surface area contributed by atoms with Gasteiger partial charge in [0.25, 0.3) is 0 Å². The Bertz CT molecular complexity index is 692. The van der Waals surface area contributed by atoms with Gasteiger partial charge in [0.2, 0.25) is 0 Å². The summed E-state index contributed by atoms with van der Waals surface area (Å²) in [5.41, 5.74) is 2.08. The molecule has 0 aliphatic carbocycles. The number of ether oxygens (including phenoxy) is 1. The number of hydrogen-bond acceptors (Lipinski definition) is 4. The van der Waals surface area contributed by atoms with E-state index in [1.165, 1.54) is 5.56 Å². The molecule has 4 nitrogen and oxygen atoms in total. The highest BCUT2D eigenvalue weighted by Gasteiger charge is 2.18. The lowest BCUT2D eigenvalue weighted by molar-refractivity contribution is 0.206. The third kappa shape index (κ3) is 4.83. The maximum absolute atomic E-state index is 10.2. The largest absolute Gasteiger partial charge is 0.504 e. The quantitative estimate of drug-likeness (QED) is 0.813. The summed E-state index contributed by atoms with van der Waals surface area (Å²) in [5, 5.41) is 10.2. The number of phenolic OH excluding ortho intramolecular Hbond substituents is 1. The second kappa shape index (κ2) is 8.67. The van der Waals surface area contributed by atoms with E-state index in [4.69, 9.17) is 4.74 Å². The Hall–Kier alpha value is -2.33. The first-order valence-corrected chi connectivity index (χ1v) is 9.00. The number of likely N-dealkylation sites (tertiary alicyclic amines) is 1. The number of benzene rings is 2. The summed E-state index contributed by atoms with van der Waals surface area (Å²) in [6.07, 6.45) is 3.89. The van der Waals surface area contributed by atoms with Gasteiger partial charge in [-0.1, -0.05) is 36.4 Å². The molecule has 4 heteroatoms. The molecule has 2 aromatic rings. The molecule has 0 unspecified atom stereocenters. The topological polar surface area (TPSA) is 45.1 Å². The van der Waals surface area contributed by atoms with Crippen molar-refractivity contribution < 1.29 is 9.84 Å². The van der Waals surface area contributed by atoms with Gasteiger partial charge in [-0.15, -0.1) is 0 Å². The second-order valence-electron chi connectivity index (χ2n) is 6.40. The number of phenols is 1. The van der Waals surface area contributed by atoms with Crippen molar-refractivity contribution in [1.82, 2.24) is 4.90 Å². The number of aromatic hydroxyl groups is 1. The Labute approximate surface area is 149 Å². The number of para-hydroxylation sites is 1. The van der Waals surface area contributed by atoms with Gasteiger partial charge in [-0.3, -0.25) is 9.89 Å². The third-order valence-electron chi connectivity index (χ3n) is 4.56. The van der Waals surface area contributed by atoms with Gasteiger partial charge in [-0.05, 0) is 37.5 Å². The average Bonchev–Trinajstić information content (AvgIpc) is 2.65. The van der Waals surface area contributed by atoms with E-state index in [2.05, 4.69) is 40.2 Å². The van der Waals surface area contributed by atoms with Gasteiger partial charge >= 0.3 is 0 Å². The summed E-state index contributed by atoms with van der Waals surface area (Å²) >= 11 is 0. The van der Waals surface area contributed by atoms with E-state index < -0.39 is 0 Å². The van der Waals surface area contributed by atoms with Gasteiger partial charge in [0.05, 0.1) is 12.6 Å². The molecule has 0 radical (unpaired) electrons. The average molecular weight is 338 g/mol. The fourth-order valence-corrected chi connectivity index (χ4v) is 3.17. The van der Waals surface area contributed by atoms with Crippen LogP contribution in [0.4, 0.5) is 0 Å². The van der Waals surface area contributed by atoms with Crippen LogP contribution in [0.25, 0.3) is 0 Å². The molecule has 1 N–H and O–H groups in total. The summed E-state index contributed by atoms with van der Waals surface area (Å²) in [6, 6.07) is 16.4. The van der Waals surface area contributed by atoms with E-state index in [-0.39, 0.29) is 5.75 Å². The van der Waals surface area contributed by atoms with Gasteiger partial charge in [-0.25, -0.2) is 0 Å². The summed E-state index contributed by atoms with van der Waals surface area (Å²) in [6.45, 7) is 5.57. The molecule has 0 amide bonds. The van der Waals surface area contributed by atoms with E-state index in [0.29, 0.717) is 18.4 Å². The summed E-state index contributed by atoms with van der Waals surface area (Å²) in [7, 11) is 0. The molecular weight excluding hydrogens is 312 g/mol. The van der Waals surface area contributed by atoms with Gasteiger partial charge in [0.15, 0.2) is 11.5 Å². The molecule has 3 rings (SSSR count). The molecule has 0 atom stereocenters. The zero-order valence-electron chi connectivity index (χ0n) is 14.8. The molecule has 25 heavy (non-hydrogen) atoms. The Morgan fingerprint density at radius 1 is 1.12 bits per heavy atom. The minimum Gasteiger partial charge on any atom is -0.504 e. The van der Waals surface area contributed by atoms with E-state index in [1.54, 1.807) is 12.3 Å². The van der Waals surface area contributed by atoms with E-state index >= 15 is 0 Å². The van der Waals surface area contributed by atoms with Crippen LogP contribution in [0, 0.1) is 0 Å². The minimum atomic E-state index is 0.176. The number of aliphatic imine (C=N–C) groups is 1. The van der Waals surface area contributed by atoms with Crippen LogP contribution in [0.15, 0.2) is 53.5 Å². The highest BCUT2D eigenvalue weighted by atomic mass is 16.5. The molecular formula is C21H26N2O2. The number of nitrogens with zero attached hydrogens (tertiary/aromatic N) is 2. The molecule has 1 saturated heterocycles. The molecule has 1 fully saturated rings. The fourth-order valence-electron chi connectivity index (χ4n) is 3.17. The predicted octanol–water partition coefficient (Wildman–Crippen LogP) is 3.87. The predicted molar refractivity (Wildman–Crippen MR) is 102 cm³/mol. The first-order chi connectivity index (χ1) is 12.3. The van der Waals surface area contributed by atoms with Crippen molar-refractivity contribution in [3.63, 3.8) is 0 Å². The first kappa shape index (κ1) is 17.5. The smallest absolute Gasteiger partial charge is 0.166 e. The lowest BCUT2D eigenvalue weighted by Gasteiger charge is -2.30. The Morgan fingerprint density at radius 2 is 1.88 bits per heavy atom. The molecule has 1 heterocycles. The lowest BCUT2D eigenvalue weighted by Crippen LogP contribution is -2.34. The molecule has 2 aromatic carbocycles. The van der Waals surface area contributed by atoms with Crippen molar-refractivity contribution in [2.75, 3.05) is 19.7 Å². The maximum Gasteiger partial charge on any atom is 0.166 e. The molecule has 0 bridgehead atoms. The van der Waals surface area contributed by atoms with E-state index in [9.17, 15) is 5.11 Å². The van der Waals surface area contributed by atoms with Gasteiger partial charge in [0, 0.05) is 31.4 Å². The number of hydrogen-bond donors (Lipinski definition) is 1. The number of piperidine rings is 1. The Morgan fingerprint density at radius 3 is 2.60 bits per heavy atom. The summed E-state index contributed by atoms with van der Waals surface area (Å²) < 4.78 is 5.42. The molecule has 0 aromatic heterocycles. The lowest BCUT2D eigenvalue weighted by atomic mass is 10.0. The van der Waals surface area contributed by atoms with Crippen molar-refractivity contribution in [3.05, 3.63) is 59.7 Å². The van der Waals surface area contributed by atoms with Crippen molar-refractivity contribution in [3.8, 4) is 11.5 Å². The Kier molecular flexibility index (Phi) is 6.07. The second-order valence-corrected chi connectivity index (χ2v) is 6.40. The van der Waals surface area contributed by atoms with Crippen molar-refractivity contribution >= 4 is 6.21 Å². The van der Waals surface area contributed by atoms with Crippen molar-refractivity contribution in [2.24, 2.45) is 4.99 Å². The molecule has 0 spiro atoms. The zero-order chi connectivity index (χ0) is 17.5. The highest BCUT2D eigenvalue weighted by molar-refractivity contribution is 5.84. The first-order valence-electron chi connectivity index (χ1n) is 9.00. The van der Waals surface area contributed by atoms with Gasteiger partial charge in [-0.2, -0.15) is 0 Å². The number of rotatable bonds is 6. The summed E-state index contributed by atoms with van der Waals surface area (Å²) in [4.78, 5) is 7.17. The van der Waals surface area contributed by atoms with Crippen LogP contribution in [0.1, 0.15) is 30.9 Å². The summed E-state index contributed by atoms with van der Waals surface area (Å²) in [5.74, 6) is 0.693.